The van der Waals surface area contributed by atoms with Crippen LogP contribution in [0.1, 0.15) is 11.1 Å². The zero-order chi connectivity index (χ0) is 26.4. The van der Waals surface area contributed by atoms with Crippen LogP contribution >= 0.6 is 35.0 Å². The maximum absolute atomic E-state index is 12.8. The number of rotatable bonds is 9. The summed E-state index contributed by atoms with van der Waals surface area (Å²) in [5, 5.41) is 3.52. The Morgan fingerprint density at radius 1 is 1.00 bits per heavy atom. The highest BCUT2D eigenvalue weighted by Gasteiger charge is 2.34. The van der Waals surface area contributed by atoms with Crippen LogP contribution in [0.15, 0.2) is 71.6 Å². The number of halogens is 2. The number of anilines is 1. The summed E-state index contributed by atoms with van der Waals surface area (Å²) < 4.78 is 11.2. The van der Waals surface area contributed by atoms with Crippen LogP contribution in [0.5, 0.6) is 11.5 Å². The molecule has 0 unspecified atom stereocenters. The fourth-order valence-corrected chi connectivity index (χ4v) is 4.51. The van der Waals surface area contributed by atoms with Crippen molar-refractivity contribution in [2.75, 3.05) is 25.1 Å². The van der Waals surface area contributed by atoms with Gasteiger partial charge in [0, 0.05) is 15.7 Å². The highest BCUT2D eigenvalue weighted by atomic mass is 35.5. The first-order valence-corrected chi connectivity index (χ1v) is 12.8. The Morgan fingerprint density at radius 3 is 2.54 bits per heavy atom. The number of benzene rings is 3. The summed E-state index contributed by atoms with van der Waals surface area (Å²) in [5.41, 5.74) is 2.15. The lowest BCUT2D eigenvalue weighted by Gasteiger charge is -2.13. The van der Waals surface area contributed by atoms with Crippen molar-refractivity contribution in [2.24, 2.45) is 0 Å². The molecular weight excluding hydrogens is 535 g/mol. The van der Waals surface area contributed by atoms with Gasteiger partial charge in [-0.05, 0) is 84.4 Å². The Kier molecular flexibility index (Phi) is 8.76. The van der Waals surface area contributed by atoms with E-state index in [1.54, 1.807) is 66.7 Å². The van der Waals surface area contributed by atoms with Gasteiger partial charge in [0.1, 0.15) is 18.1 Å². The number of hydrogen-bond donors (Lipinski definition) is 1. The van der Waals surface area contributed by atoms with Crippen molar-refractivity contribution in [1.29, 1.82) is 0 Å². The fraction of sp³-hybridized carbons (Fsp3) is 0.148. The monoisotopic (exact) mass is 556 g/mol. The van der Waals surface area contributed by atoms with Gasteiger partial charge in [0.2, 0.25) is 0 Å². The third-order valence-electron chi connectivity index (χ3n) is 5.25. The van der Waals surface area contributed by atoms with E-state index in [1.807, 2.05) is 13.0 Å². The fourth-order valence-electron chi connectivity index (χ4n) is 3.34. The Morgan fingerprint density at radius 2 is 1.78 bits per heavy atom. The van der Waals surface area contributed by atoms with Crippen molar-refractivity contribution < 1.29 is 23.9 Å². The van der Waals surface area contributed by atoms with Crippen LogP contribution in [0.25, 0.3) is 6.08 Å². The van der Waals surface area contributed by atoms with Gasteiger partial charge in [0.15, 0.2) is 6.61 Å². The summed E-state index contributed by atoms with van der Waals surface area (Å²) in [6.07, 6.45) is 1.62. The van der Waals surface area contributed by atoms with Gasteiger partial charge in [-0.25, -0.2) is 0 Å². The quantitative estimate of drug-likeness (QED) is 0.305. The molecule has 0 saturated carbocycles. The molecule has 0 radical (unpaired) electrons. The molecule has 1 fully saturated rings. The molecule has 1 aliphatic rings. The minimum Gasteiger partial charge on any atom is -0.492 e. The highest BCUT2D eigenvalue weighted by molar-refractivity contribution is 8.18. The Bertz CT molecular complexity index is 1360. The van der Waals surface area contributed by atoms with E-state index < -0.39 is 5.91 Å². The maximum Gasteiger partial charge on any atom is 0.293 e. The van der Waals surface area contributed by atoms with Crippen LogP contribution < -0.4 is 14.8 Å². The molecule has 1 N–H and O–H groups in total. The van der Waals surface area contributed by atoms with E-state index in [1.165, 1.54) is 0 Å². The summed E-state index contributed by atoms with van der Waals surface area (Å²) in [6.45, 7) is 1.95. The van der Waals surface area contributed by atoms with Gasteiger partial charge >= 0.3 is 0 Å². The summed E-state index contributed by atoms with van der Waals surface area (Å²) in [5.74, 6) is 0.311. The van der Waals surface area contributed by atoms with Gasteiger partial charge < -0.3 is 14.8 Å². The Labute approximate surface area is 228 Å². The van der Waals surface area contributed by atoms with Crippen molar-refractivity contribution in [3.63, 3.8) is 0 Å². The molecule has 7 nitrogen and oxygen atoms in total. The number of ether oxygens (including phenoxy) is 2. The first-order chi connectivity index (χ1) is 17.8. The molecule has 0 aromatic heterocycles. The average Bonchev–Trinajstić information content (AvgIpc) is 3.14. The van der Waals surface area contributed by atoms with E-state index in [4.69, 9.17) is 32.7 Å². The van der Waals surface area contributed by atoms with E-state index in [0.717, 1.165) is 22.2 Å². The third kappa shape index (κ3) is 7.29. The minimum absolute atomic E-state index is 0.120. The van der Waals surface area contributed by atoms with Crippen molar-refractivity contribution in [3.05, 3.63) is 92.8 Å². The Balaban J connectivity index is 1.31. The zero-order valence-corrected chi connectivity index (χ0v) is 22.0. The average molecular weight is 557 g/mol. The third-order valence-corrected chi connectivity index (χ3v) is 6.82. The van der Waals surface area contributed by atoms with Crippen LogP contribution in [-0.4, -0.2) is 41.7 Å². The molecule has 1 aliphatic heterocycles. The number of imide groups is 1. The molecule has 0 atom stereocenters. The second-order valence-corrected chi connectivity index (χ2v) is 9.85. The molecular formula is C27H22Cl2N2O5S. The predicted molar refractivity (Wildman–Crippen MR) is 146 cm³/mol. The maximum atomic E-state index is 12.8. The molecule has 0 spiro atoms. The van der Waals surface area contributed by atoms with Crippen LogP contribution in [0.4, 0.5) is 10.5 Å². The van der Waals surface area contributed by atoms with Gasteiger partial charge in [0.05, 0.1) is 11.4 Å². The molecule has 10 heteroatoms. The molecule has 1 heterocycles. The number of carbonyl (C=O) groups excluding carboxylic acids is 3. The van der Waals surface area contributed by atoms with Gasteiger partial charge in [-0.15, -0.1) is 0 Å². The number of carbonyl (C=O) groups is 3. The summed E-state index contributed by atoms with van der Waals surface area (Å²) >= 11 is 12.8. The zero-order valence-electron chi connectivity index (χ0n) is 19.7. The van der Waals surface area contributed by atoms with Crippen LogP contribution in [-0.2, 0) is 9.59 Å². The van der Waals surface area contributed by atoms with Crippen LogP contribution in [0.3, 0.4) is 0 Å². The molecule has 3 amide bonds. The van der Waals surface area contributed by atoms with Crippen molar-refractivity contribution in [1.82, 2.24) is 4.90 Å². The van der Waals surface area contributed by atoms with Crippen LogP contribution in [0, 0.1) is 6.92 Å². The minimum atomic E-state index is -0.392. The second kappa shape index (κ2) is 12.2. The predicted octanol–water partition coefficient (Wildman–Crippen LogP) is 6.43. The summed E-state index contributed by atoms with van der Waals surface area (Å²) in [4.78, 5) is 38.9. The molecule has 1 saturated heterocycles. The molecule has 3 aromatic rings. The van der Waals surface area contributed by atoms with E-state index >= 15 is 0 Å². The first kappa shape index (κ1) is 26.6. The van der Waals surface area contributed by atoms with E-state index in [-0.39, 0.29) is 30.9 Å². The number of nitrogens with zero attached hydrogens (tertiary/aromatic N) is 1. The SMILES string of the molecule is Cc1ccc(NC(=O)COc2cccc(/C=C3\SC(=O)N(CCOc4ccc(Cl)cc4)C3=O)c2)cc1Cl. The molecule has 190 valence electrons. The van der Waals surface area contributed by atoms with Gasteiger partial charge in [0.25, 0.3) is 17.1 Å². The standard InChI is InChI=1S/C27H22Cl2N2O5S/c1-17-5-8-20(15-23(17)29)30-25(32)16-36-22-4-2-3-18(13-22)14-24-26(33)31(27(34)37-24)11-12-35-21-9-6-19(28)7-10-21/h2-10,13-15H,11-12,16H2,1H3,(H,30,32)/b24-14-. The molecule has 4 rings (SSSR count). The lowest BCUT2D eigenvalue weighted by atomic mass is 10.2. The topological polar surface area (TPSA) is 84.9 Å². The largest absolute Gasteiger partial charge is 0.492 e. The lowest BCUT2D eigenvalue weighted by Crippen LogP contribution is -2.32. The summed E-state index contributed by atoms with van der Waals surface area (Å²) in [6, 6.07) is 19.0. The Hall–Kier alpha value is -3.46. The van der Waals surface area contributed by atoms with Crippen molar-refractivity contribution in [3.8, 4) is 11.5 Å². The number of aryl methyl sites for hydroxylation is 1. The van der Waals surface area contributed by atoms with Gasteiger partial charge in [-0.3, -0.25) is 19.3 Å². The van der Waals surface area contributed by atoms with Gasteiger partial charge in [-0.1, -0.05) is 41.4 Å². The van der Waals surface area contributed by atoms with Crippen LogP contribution in [0.2, 0.25) is 10.0 Å². The smallest absolute Gasteiger partial charge is 0.293 e. The number of thioether (sulfide) groups is 1. The van der Waals surface area contributed by atoms with Gasteiger partial charge in [-0.2, -0.15) is 0 Å². The number of hydrogen-bond acceptors (Lipinski definition) is 6. The molecule has 0 aliphatic carbocycles. The lowest BCUT2D eigenvalue weighted by molar-refractivity contribution is -0.123. The van der Waals surface area contributed by atoms with Crippen molar-refractivity contribution in [2.45, 2.75) is 6.92 Å². The highest BCUT2D eigenvalue weighted by Crippen LogP contribution is 2.32. The van der Waals surface area contributed by atoms with E-state index in [9.17, 15) is 14.4 Å². The number of nitrogens with one attached hydrogen (secondary N) is 1. The molecule has 3 aromatic carbocycles. The molecule has 0 bridgehead atoms. The second-order valence-electron chi connectivity index (χ2n) is 8.01. The first-order valence-electron chi connectivity index (χ1n) is 11.2. The number of amides is 3. The van der Waals surface area contributed by atoms with Crippen molar-refractivity contribution >= 4 is 63.8 Å². The summed E-state index contributed by atoms with van der Waals surface area (Å²) in [7, 11) is 0. The van der Waals surface area contributed by atoms with E-state index in [2.05, 4.69) is 5.32 Å². The molecule has 37 heavy (non-hydrogen) atoms. The normalized spacial score (nSPS) is 14.2. The van der Waals surface area contributed by atoms with E-state index in [0.29, 0.717) is 37.7 Å².